The predicted octanol–water partition coefficient (Wildman–Crippen LogP) is 4.16. The lowest BCUT2D eigenvalue weighted by Crippen LogP contribution is -2.01. The van der Waals surface area contributed by atoms with E-state index in [1.165, 1.54) is 0 Å². The summed E-state index contributed by atoms with van der Waals surface area (Å²) in [5.74, 6) is 2.74. The summed E-state index contributed by atoms with van der Waals surface area (Å²) in [5, 5.41) is 0.999. The highest BCUT2D eigenvalue weighted by Gasteiger charge is 2.21. The van der Waals surface area contributed by atoms with Gasteiger partial charge < -0.3 is 28.3 Å². The normalized spacial score (nSPS) is 10.9. The third-order valence-electron chi connectivity index (χ3n) is 4.72. The Hall–Kier alpha value is -2.86. The number of benzene rings is 2. The molecule has 0 aliphatic rings. The molecule has 0 aliphatic carbocycles. The molecule has 0 amide bonds. The lowest BCUT2D eigenvalue weighted by Gasteiger charge is -2.12. The molecule has 6 heteroatoms. The van der Waals surface area contributed by atoms with Gasteiger partial charge in [0, 0.05) is 25.1 Å². The van der Waals surface area contributed by atoms with Crippen molar-refractivity contribution < 1.29 is 23.7 Å². The van der Waals surface area contributed by atoms with Crippen molar-refractivity contribution in [2.24, 2.45) is 7.05 Å². The largest absolute Gasteiger partial charge is 0.493 e. The maximum absolute atomic E-state index is 5.85. The summed E-state index contributed by atoms with van der Waals surface area (Å²) < 4.78 is 29.4. The van der Waals surface area contributed by atoms with Crippen molar-refractivity contribution in [1.82, 2.24) is 4.57 Å². The van der Waals surface area contributed by atoms with Crippen LogP contribution >= 0.6 is 0 Å². The minimum absolute atomic E-state index is 0.148. The molecule has 27 heavy (non-hydrogen) atoms. The molecule has 0 bridgehead atoms. The molecule has 0 saturated carbocycles. The Morgan fingerprint density at radius 1 is 0.852 bits per heavy atom. The lowest BCUT2D eigenvalue weighted by molar-refractivity contribution is 0.0503. The Labute approximate surface area is 159 Å². The molecule has 0 fully saturated rings. The van der Waals surface area contributed by atoms with Crippen LogP contribution in [0.4, 0.5) is 0 Å². The Kier molecular flexibility index (Phi) is 5.46. The van der Waals surface area contributed by atoms with E-state index in [9.17, 15) is 0 Å². The summed E-state index contributed by atoms with van der Waals surface area (Å²) in [4.78, 5) is 0. The fourth-order valence-electron chi connectivity index (χ4n) is 3.50. The molecule has 0 N–H and O–H groups in total. The quantitative estimate of drug-likeness (QED) is 0.584. The van der Waals surface area contributed by atoms with E-state index < -0.39 is 0 Å². The molecule has 1 heterocycles. The van der Waals surface area contributed by atoms with Crippen LogP contribution in [-0.4, -0.2) is 39.8 Å². The van der Waals surface area contributed by atoms with Gasteiger partial charge in [-0.25, -0.2) is 0 Å². The van der Waals surface area contributed by atoms with Crippen LogP contribution in [0.25, 0.3) is 22.2 Å². The molecule has 2 aromatic carbocycles. The highest BCUT2D eigenvalue weighted by molar-refractivity contribution is 5.97. The summed E-state index contributed by atoms with van der Waals surface area (Å²) in [6, 6.07) is 9.85. The maximum Gasteiger partial charge on any atom is 0.188 e. The Bertz CT molecular complexity index is 961. The van der Waals surface area contributed by atoms with E-state index in [4.69, 9.17) is 23.7 Å². The van der Waals surface area contributed by atoms with E-state index in [0.29, 0.717) is 23.0 Å². The van der Waals surface area contributed by atoms with Crippen LogP contribution < -0.4 is 18.9 Å². The molecule has 0 spiro atoms. The molecule has 0 unspecified atom stereocenters. The number of rotatable bonds is 7. The van der Waals surface area contributed by atoms with Gasteiger partial charge in [0.2, 0.25) is 0 Å². The van der Waals surface area contributed by atoms with Gasteiger partial charge in [-0.15, -0.1) is 0 Å². The van der Waals surface area contributed by atoms with E-state index in [0.717, 1.165) is 27.7 Å². The van der Waals surface area contributed by atoms with E-state index in [1.807, 2.05) is 37.4 Å². The molecule has 3 rings (SSSR count). The van der Waals surface area contributed by atoms with E-state index in [1.54, 1.807) is 28.4 Å². The number of hydrogen-bond acceptors (Lipinski definition) is 5. The van der Waals surface area contributed by atoms with Gasteiger partial charge in [-0.3, -0.25) is 0 Å². The van der Waals surface area contributed by atoms with Crippen molar-refractivity contribution in [1.29, 1.82) is 0 Å². The number of methoxy groups -OCH3 is 4. The summed E-state index contributed by atoms with van der Waals surface area (Å²) >= 11 is 0. The van der Waals surface area contributed by atoms with E-state index in [2.05, 4.69) is 11.5 Å². The van der Waals surface area contributed by atoms with Gasteiger partial charge in [-0.2, -0.15) is 0 Å². The Morgan fingerprint density at radius 3 is 2.15 bits per heavy atom. The SMILES string of the molecule is COCOc1c(OC)ccc2c1c(C)c(-c1ccc(OC)c(OC)c1)n2C. The van der Waals surface area contributed by atoms with Gasteiger partial charge in [0.25, 0.3) is 0 Å². The molecule has 3 aromatic rings. The second kappa shape index (κ2) is 7.80. The van der Waals surface area contributed by atoms with Crippen LogP contribution in [0.15, 0.2) is 30.3 Å². The van der Waals surface area contributed by atoms with E-state index in [-0.39, 0.29) is 6.79 Å². The number of ether oxygens (including phenoxy) is 5. The third kappa shape index (κ3) is 3.17. The van der Waals surface area contributed by atoms with Crippen molar-refractivity contribution in [3.63, 3.8) is 0 Å². The first-order chi connectivity index (χ1) is 13.1. The van der Waals surface area contributed by atoms with Crippen LogP contribution in [0.5, 0.6) is 23.0 Å². The van der Waals surface area contributed by atoms with Gasteiger partial charge >= 0.3 is 0 Å². The summed E-state index contributed by atoms with van der Waals surface area (Å²) in [7, 11) is 8.53. The number of aromatic nitrogens is 1. The maximum atomic E-state index is 5.85. The number of fused-ring (bicyclic) bond motifs is 1. The van der Waals surface area contributed by atoms with Crippen LogP contribution in [-0.2, 0) is 11.8 Å². The molecule has 144 valence electrons. The fraction of sp³-hybridized carbons (Fsp3) is 0.333. The molecule has 0 radical (unpaired) electrons. The van der Waals surface area contributed by atoms with Crippen molar-refractivity contribution in [3.05, 3.63) is 35.9 Å². The third-order valence-corrected chi connectivity index (χ3v) is 4.72. The van der Waals surface area contributed by atoms with Crippen LogP contribution in [0.1, 0.15) is 5.56 Å². The van der Waals surface area contributed by atoms with Gasteiger partial charge in [-0.1, -0.05) is 0 Å². The zero-order valence-electron chi connectivity index (χ0n) is 16.6. The van der Waals surface area contributed by atoms with Crippen molar-refractivity contribution in [3.8, 4) is 34.3 Å². The molecular weight excluding hydrogens is 346 g/mol. The summed E-state index contributed by atoms with van der Waals surface area (Å²) in [6.45, 7) is 2.23. The van der Waals surface area contributed by atoms with Crippen molar-refractivity contribution in [2.45, 2.75) is 6.92 Å². The van der Waals surface area contributed by atoms with Gasteiger partial charge in [-0.05, 0) is 42.8 Å². The van der Waals surface area contributed by atoms with Crippen LogP contribution in [0.3, 0.4) is 0 Å². The fourth-order valence-corrected chi connectivity index (χ4v) is 3.50. The van der Waals surface area contributed by atoms with Crippen LogP contribution in [0, 0.1) is 6.92 Å². The molecule has 1 aromatic heterocycles. The van der Waals surface area contributed by atoms with Gasteiger partial charge in [0.05, 0.1) is 32.5 Å². The first-order valence-electron chi connectivity index (χ1n) is 8.57. The van der Waals surface area contributed by atoms with Gasteiger partial charge in [0.1, 0.15) is 0 Å². The molecular formula is C21H25NO5. The first kappa shape index (κ1) is 18.9. The zero-order chi connectivity index (χ0) is 19.6. The standard InChI is InChI=1S/C21H25NO5/c1-13-19-15(8-10-17(25-5)21(19)27-12-23-3)22(2)20(13)14-7-9-16(24-4)18(11-14)26-6/h7-11H,12H2,1-6H3. The Morgan fingerprint density at radius 2 is 1.52 bits per heavy atom. The molecule has 0 saturated heterocycles. The highest BCUT2D eigenvalue weighted by atomic mass is 16.7. The van der Waals surface area contributed by atoms with E-state index >= 15 is 0 Å². The van der Waals surface area contributed by atoms with Crippen molar-refractivity contribution in [2.75, 3.05) is 35.2 Å². The number of nitrogens with zero attached hydrogens (tertiary/aromatic N) is 1. The number of aryl methyl sites for hydroxylation is 2. The smallest absolute Gasteiger partial charge is 0.188 e. The summed E-state index contributed by atoms with van der Waals surface area (Å²) in [5.41, 5.74) is 4.23. The summed E-state index contributed by atoms with van der Waals surface area (Å²) in [6.07, 6.45) is 0. The highest BCUT2D eigenvalue weighted by Crippen LogP contribution is 2.43. The minimum atomic E-state index is 0.148. The average Bonchev–Trinajstić information content (AvgIpc) is 2.96. The molecule has 0 aliphatic heterocycles. The zero-order valence-corrected chi connectivity index (χ0v) is 16.6. The van der Waals surface area contributed by atoms with Crippen LogP contribution in [0.2, 0.25) is 0 Å². The Balaban J connectivity index is 2.26. The average molecular weight is 371 g/mol. The monoisotopic (exact) mass is 371 g/mol. The predicted molar refractivity (Wildman–Crippen MR) is 105 cm³/mol. The minimum Gasteiger partial charge on any atom is -0.493 e. The topological polar surface area (TPSA) is 51.1 Å². The second-order valence-corrected chi connectivity index (χ2v) is 6.14. The van der Waals surface area contributed by atoms with Crippen molar-refractivity contribution >= 4 is 10.9 Å². The van der Waals surface area contributed by atoms with Gasteiger partial charge in [0.15, 0.2) is 29.8 Å². The number of hydrogen-bond donors (Lipinski definition) is 0. The second-order valence-electron chi connectivity index (χ2n) is 6.14. The molecule has 0 atom stereocenters. The molecule has 6 nitrogen and oxygen atoms in total. The lowest BCUT2D eigenvalue weighted by atomic mass is 10.0. The first-order valence-corrected chi connectivity index (χ1v) is 8.57.